The number of anilines is 1. The van der Waals surface area contributed by atoms with Gasteiger partial charge < -0.3 is 10.2 Å². The number of likely N-dealkylation sites (N-methyl/N-ethyl adjacent to an activating group) is 1. The Balaban J connectivity index is 1.92. The Morgan fingerprint density at radius 3 is 2.38 bits per heavy atom. The summed E-state index contributed by atoms with van der Waals surface area (Å²) < 4.78 is 0. The van der Waals surface area contributed by atoms with Crippen LogP contribution < -0.4 is 5.32 Å². The van der Waals surface area contributed by atoms with Gasteiger partial charge in [0.2, 0.25) is 5.91 Å². The molecule has 3 nitrogen and oxygen atoms in total. The summed E-state index contributed by atoms with van der Waals surface area (Å²) in [6.45, 7) is 2.90. The molecule has 2 aromatic rings. The van der Waals surface area contributed by atoms with Crippen LogP contribution in [0, 0.1) is 6.92 Å². The molecule has 0 aromatic heterocycles. The van der Waals surface area contributed by atoms with Crippen molar-refractivity contribution in [2.45, 2.75) is 19.9 Å². The molecule has 1 amide bonds. The number of benzene rings is 2. The number of rotatable bonds is 5. The van der Waals surface area contributed by atoms with Crippen molar-refractivity contribution in [2.75, 3.05) is 19.4 Å². The molecule has 3 heteroatoms. The maximum Gasteiger partial charge on any atom is 0.226 e. The second kappa shape index (κ2) is 6.93. The Morgan fingerprint density at radius 1 is 1.05 bits per heavy atom. The molecule has 21 heavy (non-hydrogen) atoms. The van der Waals surface area contributed by atoms with Crippen LogP contribution in [-0.2, 0) is 17.8 Å². The number of hydrogen-bond acceptors (Lipinski definition) is 2. The van der Waals surface area contributed by atoms with Crippen LogP contribution in [0.3, 0.4) is 0 Å². The molecular weight excluding hydrogens is 260 g/mol. The highest BCUT2D eigenvalue weighted by Crippen LogP contribution is 2.13. The van der Waals surface area contributed by atoms with E-state index in [1.165, 1.54) is 11.1 Å². The molecule has 2 rings (SSSR count). The highest BCUT2D eigenvalue weighted by Gasteiger charge is 2.05. The normalized spacial score (nSPS) is 10.2. The third-order valence-corrected chi connectivity index (χ3v) is 3.39. The van der Waals surface area contributed by atoms with E-state index in [-0.39, 0.29) is 5.91 Å². The van der Waals surface area contributed by atoms with E-state index in [1.54, 1.807) is 19.0 Å². The van der Waals surface area contributed by atoms with Gasteiger partial charge in [-0.1, -0.05) is 42.0 Å². The first-order chi connectivity index (χ1) is 10.0. The average molecular weight is 282 g/mol. The van der Waals surface area contributed by atoms with Crippen molar-refractivity contribution in [3.8, 4) is 0 Å². The molecule has 2 aromatic carbocycles. The van der Waals surface area contributed by atoms with Crippen LogP contribution in [0.5, 0.6) is 0 Å². The van der Waals surface area contributed by atoms with Crippen molar-refractivity contribution >= 4 is 11.6 Å². The number of hydrogen-bond donors (Lipinski definition) is 1. The topological polar surface area (TPSA) is 32.3 Å². The summed E-state index contributed by atoms with van der Waals surface area (Å²) in [7, 11) is 3.56. The van der Waals surface area contributed by atoms with Gasteiger partial charge in [-0.2, -0.15) is 0 Å². The van der Waals surface area contributed by atoms with E-state index in [4.69, 9.17) is 0 Å². The standard InChI is InChI=1S/C18H22N2O/c1-14-5-4-6-16(11-14)13-19-17-9-7-15(8-10-17)12-18(21)20(2)3/h4-11,19H,12-13H2,1-3H3. The van der Waals surface area contributed by atoms with Gasteiger partial charge in [-0.3, -0.25) is 4.79 Å². The largest absolute Gasteiger partial charge is 0.381 e. The lowest BCUT2D eigenvalue weighted by Crippen LogP contribution is -2.23. The number of nitrogens with one attached hydrogen (secondary N) is 1. The van der Waals surface area contributed by atoms with Gasteiger partial charge in [0, 0.05) is 26.3 Å². The Bertz CT molecular complexity index is 603. The van der Waals surface area contributed by atoms with Crippen LogP contribution in [0.15, 0.2) is 48.5 Å². The van der Waals surface area contributed by atoms with E-state index in [0.717, 1.165) is 17.8 Å². The van der Waals surface area contributed by atoms with E-state index in [0.29, 0.717) is 6.42 Å². The summed E-state index contributed by atoms with van der Waals surface area (Å²) >= 11 is 0. The monoisotopic (exact) mass is 282 g/mol. The molecule has 0 unspecified atom stereocenters. The molecule has 110 valence electrons. The number of carbonyl (C=O) groups excluding carboxylic acids is 1. The lowest BCUT2D eigenvalue weighted by atomic mass is 10.1. The Morgan fingerprint density at radius 2 is 1.76 bits per heavy atom. The van der Waals surface area contributed by atoms with Crippen molar-refractivity contribution < 1.29 is 4.79 Å². The minimum atomic E-state index is 0.121. The second-order valence-electron chi connectivity index (χ2n) is 5.50. The minimum Gasteiger partial charge on any atom is -0.381 e. The molecule has 0 radical (unpaired) electrons. The molecule has 0 spiro atoms. The molecule has 1 N–H and O–H groups in total. The zero-order valence-electron chi connectivity index (χ0n) is 12.9. The quantitative estimate of drug-likeness (QED) is 0.913. The zero-order chi connectivity index (χ0) is 15.2. The molecule has 0 aliphatic rings. The lowest BCUT2D eigenvalue weighted by molar-refractivity contribution is -0.127. The van der Waals surface area contributed by atoms with Gasteiger partial charge in [0.1, 0.15) is 0 Å². The van der Waals surface area contributed by atoms with Crippen LogP contribution in [0.1, 0.15) is 16.7 Å². The van der Waals surface area contributed by atoms with E-state index in [2.05, 4.69) is 36.5 Å². The van der Waals surface area contributed by atoms with Crippen LogP contribution >= 0.6 is 0 Å². The van der Waals surface area contributed by atoms with Crippen LogP contribution in [-0.4, -0.2) is 24.9 Å². The van der Waals surface area contributed by atoms with Gasteiger partial charge in [-0.05, 0) is 30.2 Å². The third kappa shape index (κ3) is 4.63. The maximum absolute atomic E-state index is 11.7. The smallest absolute Gasteiger partial charge is 0.226 e. The van der Waals surface area contributed by atoms with E-state index < -0.39 is 0 Å². The van der Waals surface area contributed by atoms with Gasteiger partial charge in [0.15, 0.2) is 0 Å². The maximum atomic E-state index is 11.7. The summed E-state index contributed by atoms with van der Waals surface area (Å²) in [5.41, 5.74) is 4.64. The Labute approximate surface area is 126 Å². The molecule has 0 fully saturated rings. The number of nitrogens with zero attached hydrogens (tertiary/aromatic N) is 1. The fourth-order valence-corrected chi connectivity index (χ4v) is 2.10. The van der Waals surface area contributed by atoms with Crippen LogP contribution in [0.2, 0.25) is 0 Å². The first-order valence-electron chi connectivity index (χ1n) is 7.13. The molecule has 0 saturated carbocycles. The molecule has 0 aliphatic heterocycles. The van der Waals surface area contributed by atoms with Crippen molar-refractivity contribution in [1.29, 1.82) is 0 Å². The molecule has 0 saturated heterocycles. The average Bonchev–Trinajstić information content (AvgIpc) is 2.46. The summed E-state index contributed by atoms with van der Waals surface area (Å²) in [6.07, 6.45) is 0.450. The fraction of sp³-hybridized carbons (Fsp3) is 0.278. The predicted molar refractivity (Wildman–Crippen MR) is 87.3 cm³/mol. The predicted octanol–water partition coefficient (Wildman–Crippen LogP) is 3.24. The number of aryl methyl sites for hydroxylation is 1. The van der Waals surface area contributed by atoms with Crippen molar-refractivity contribution in [2.24, 2.45) is 0 Å². The van der Waals surface area contributed by atoms with Gasteiger partial charge in [0.05, 0.1) is 6.42 Å². The highest BCUT2D eigenvalue weighted by atomic mass is 16.2. The molecular formula is C18H22N2O. The van der Waals surface area contributed by atoms with Gasteiger partial charge in [-0.15, -0.1) is 0 Å². The fourth-order valence-electron chi connectivity index (χ4n) is 2.10. The first kappa shape index (κ1) is 15.1. The second-order valence-corrected chi connectivity index (χ2v) is 5.50. The molecule has 0 aliphatic carbocycles. The molecule has 0 atom stereocenters. The van der Waals surface area contributed by atoms with Gasteiger partial charge in [-0.25, -0.2) is 0 Å². The van der Waals surface area contributed by atoms with Crippen LogP contribution in [0.25, 0.3) is 0 Å². The Kier molecular flexibility index (Phi) is 4.99. The first-order valence-corrected chi connectivity index (χ1v) is 7.13. The van der Waals surface area contributed by atoms with E-state index in [9.17, 15) is 4.79 Å². The molecule has 0 heterocycles. The lowest BCUT2D eigenvalue weighted by Gasteiger charge is -2.11. The van der Waals surface area contributed by atoms with Crippen molar-refractivity contribution in [3.05, 3.63) is 65.2 Å². The molecule has 0 bridgehead atoms. The van der Waals surface area contributed by atoms with Crippen molar-refractivity contribution in [3.63, 3.8) is 0 Å². The summed E-state index contributed by atoms with van der Waals surface area (Å²) in [5, 5.41) is 3.40. The van der Waals surface area contributed by atoms with Gasteiger partial charge in [0.25, 0.3) is 0 Å². The summed E-state index contributed by atoms with van der Waals surface area (Å²) in [6, 6.07) is 16.5. The van der Waals surface area contributed by atoms with E-state index >= 15 is 0 Å². The van der Waals surface area contributed by atoms with E-state index in [1.807, 2.05) is 24.3 Å². The number of carbonyl (C=O) groups is 1. The van der Waals surface area contributed by atoms with Crippen LogP contribution in [0.4, 0.5) is 5.69 Å². The Hall–Kier alpha value is -2.29. The minimum absolute atomic E-state index is 0.121. The SMILES string of the molecule is Cc1cccc(CNc2ccc(CC(=O)N(C)C)cc2)c1. The third-order valence-electron chi connectivity index (χ3n) is 3.39. The van der Waals surface area contributed by atoms with Crippen molar-refractivity contribution in [1.82, 2.24) is 4.90 Å². The summed E-state index contributed by atoms with van der Waals surface area (Å²) in [5.74, 6) is 0.121. The number of amides is 1. The summed E-state index contributed by atoms with van der Waals surface area (Å²) in [4.78, 5) is 13.3. The highest BCUT2D eigenvalue weighted by molar-refractivity contribution is 5.78. The zero-order valence-corrected chi connectivity index (χ0v) is 12.9. The van der Waals surface area contributed by atoms with Gasteiger partial charge >= 0.3 is 0 Å².